The number of hydrogen-bond acceptors (Lipinski definition) is 2. The summed E-state index contributed by atoms with van der Waals surface area (Å²) in [6.07, 6.45) is 0. The van der Waals surface area contributed by atoms with Crippen molar-refractivity contribution < 1.29 is 9.90 Å². The Bertz CT molecular complexity index is 588. The van der Waals surface area contributed by atoms with Gasteiger partial charge in [-0.3, -0.25) is 4.98 Å². The van der Waals surface area contributed by atoms with Crippen molar-refractivity contribution in [2.45, 2.75) is 26.7 Å². The van der Waals surface area contributed by atoms with Gasteiger partial charge in [0.05, 0.1) is 11.1 Å². The molecule has 0 aliphatic carbocycles. The lowest BCUT2D eigenvalue weighted by Crippen LogP contribution is -2.03. The molecule has 0 radical (unpaired) electrons. The third-order valence-corrected chi connectivity index (χ3v) is 2.88. The highest BCUT2D eigenvalue weighted by Gasteiger charge is 2.14. The molecule has 0 aliphatic rings. The molecule has 2 aromatic rings. The van der Waals surface area contributed by atoms with E-state index in [4.69, 9.17) is 0 Å². The zero-order valence-electron chi connectivity index (χ0n) is 10.2. The van der Waals surface area contributed by atoms with E-state index in [1.807, 2.05) is 39.0 Å². The molecule has 3 nitrogen and oxygen atoms in total. The van der Waals surface area contributed by atoms with Gasteiger partial charge in [-0.2, -0.15) is 0 Å². The molecule has 0 fully saturated rings. The first-order valence-electron chi connectivity index (χ1n) is 5.64. The maximum absolute atomic E-state index is 11.3. The zero-order chi connectivity index (χ0) is 12.6. The maximum atomic E-state index is 11.3. The topological polar surface area (TPSA) is 50.2 Å². The number of benzene rings is 1. The Kier molecular flexibility index (Phi) is 2.84. The number of carboxylic acids is 1. The number of fused-ring (bicyclic) bond motifs is 1. The van der Waals surface area contributed by atoms with E-state index in [-0.39, 0.29) is 5.92 Å². The van der Waals surface area contributed by atoms with Crippen molar-refractivity contribution >= 4 is 16.9 Å². The zero-order valence-corrected chi connectivity index (χ0v) is 10.2. The molecule has 1 N–H and O–H groups in total. The van der Waals surface area contributed by atoms with E-state index in [1.54, 1.807) is 6.07 Å². The standard InChI is InChI=1S/C14H15NO2/c1-8(2)12-7-11(14(16)17)10-6-4-5-9(3)13(10)15-12/h4-8H,1-3H3,(H,16,17). The quantitative estimate of drug-likeness (QED) is 0.859. The summed E-state index contributed by atoms with van der Waals surface area (Å²) >= 11 is 0. The van der Waals surface area contributed by atoms with Crippen molar-refractivity contribution in [1.29, 1.82) is 0 Å². The van der Waals surface area contributed by atoms with E-state index in [2.05, 4.69) is 4.98 Å². The molecule has 0 aliphatic heterocycles. The van der Waals surface area contributed by atoms with Gasteiger partial charge in [0.25, 0.3) is 0 Å². The van der Waals surface area contributed by atoms with Crippen molar-refractivity contribution in [3.63, 3.8) is 0 Å². The average Bonchev–Trinajstić information content (AvgIpc) is 2.28. The number of aryl methyl sites for hydroxylation is 1. The summed E-state index contributed by atoms with van der Waals surface area (Å²) in [4.78, 5) is 15.8. The van der Waals surface area contributed by atoms with Crippen LogP contribution in [0, 0.1) is 6.92 Å². The third kappa shape index (κ3) is 2.00. The molecule has 0 saturated heterocycles. The largest absolute Gasteiger partial charge is 0.478 e. The predicted molar refractivity (Wildman–Crippen MR) is 67.5 cm³/mol. The summed E-state index contributed by atoms with van der Waals surface area (Å²) in [6, 6.07) is 7.30. The van der Waals surface area contributed by atoms with Gasteiger partial charge in [0.1, 0.15) is 0 Å². The summed E-state index contributed by atoms with van der Waals surface area (Å²) in [5.74, 6) is -0.679. The van der Waals surface area contributed by atoms with E-state index in [9.17, 15) is 9.90 Å². The van der Waals surface area contributed by atoms with E-state index >= 15 is 0 Å². The molecule has 88 valence electrons. The van der Waals surface area contributed by atoms with E-state index < -0.39 is 5.97 Å². The van der Waals surface area contributed by atoms with E-state index in [0.717, 1.165) is 16.8 Å². The van der Waals surface area contributed by atoms with Gasteiger partial charge >= 0.3 is 5.97 Å². The first-order chi connectivity index (χ1) is 8.00. The number of aromatic carboxylic acids is 1. The number of carboxylic acid groups (broad SMARTS) is 1. The van der Waals surface area contributed by atoms with Crippen LogP contribution < -0.4 is 0 Å². The fourth-order valence-corrected chi connectivity index (χ4v) is 1.88. The highest BCUT2D eigenvalue weighted by atomic mass is 16.4. The number of hydrogen-bond donors (Lipinski definition) is 1. The van der Waals surface area contributed by atoms with Gasteiger partial charge in [0.2, 0.25) is 0 Å². The monoisotopic (exact) mass is 229 g/mol. The van der Waals surface area contributed by atoms with Gasteiger partial charge in [-0.15, -0.1) is 0 Å². The SMILES string of the molecule is Cc1cccc2c(C(=O)O)cc(C(C)C)nc12. The van der Waals surface area contributed by atoms with Crippen molar-refractivity contribution in [1.82, 2.24) is 4.98 Å². The number of carbonyl (C=O) groups is 1. The van der Waals surface area contributed by atoms with Crippen molar-refractivity contribution in [2.75, 3.05) is 0 Å². The predicted octanol–water partition coefficient (Wildman–Crippen LogP) is 3.36. The summed E-state index contributed by atoms with van der Waals surface area (Å²) in [5, 5.41) is 9.96. The lowest BCUT2D eigenvalue weighted by atomic mass is 10.0. The normalized spacial score (nSPS) is 11.1. The first-order valence-corrected chi connectivity index (χ1v) is 5.64. The minimum absolute atomic E-state index is 0.220. The first kappa shape index (κ1) is 11.6. The molecule has 17 heavy (non-hydrogen) atoms. The summed E-state index contributed by atoms with van der Waals surface area (Å²) in [5.41, 5.74) is 2.95. The van der Waals surface area contributed by atoms with Crippen LogP contribution in [-0.2, 0) is 0 Å². The number of aromatic nitrogens is 1. The second-order valence-corrected chi connectivity index (χ2v) is 4.53. The fraction of sp³-hybridized carbons (Fsp3) is 0.286. The molecular weight excluding hydrogens is 214 g/mol. The van der Waals surface area contributed by atoms with Gasteiger partial charge < -0.3 is 5.11 Å². The van der Waals surface area contributed by atoms with Crippen molar-refractivity contribution in [2.24, 2.45) is 0 Å². The minimum atomic E-state index is -0.898. The Morgan fingerprint density at radius 2 is 2.06 bits per heavy atom. The van der Waals surface area contributed by atoms with Crippen molar-refractivity contribution in [3.8, 4) is 0 Å². The molecule has 3 heteroatoms. The number of para-hydroxylation sites is 1. The Morgan fingerprint density at radius 3 is 2.65 bits per heavy atom. The Labute approximate surface area is 100 Å². The fourth-order valence-electron chi connectivity index (χ4n) is 1.88. The summed E-state index contributed by atoms with van der Waals surface area (Å²) in [6.45, 7) is 5.97. The lowest BCUT2D eigenvalue weighted by Gasteiger charge is -2.10. The molecule has 1 aromatic carbocycles. The average molecular weight is 229 g/mol. The molecule has 0 saturated carbocycles. The van der Waals surface area contributed by atoms with Crippen LogP contribution in [0.3, 0.4) is 0 Å². The Morgan fingerprint density at radius 1 is 1.35 bits per heavy atom. The lowest BCUT2D eigenvalue weighted by molar-refractivity contribution is 0.0699. The van der Waals surface area contributed by atoms with E-state index in [0.29, 0.717) is 10.9 Å². The van der Waals surface area contributed by atoms with Crippen LogP contribution in [0.5, 0.6) is 0 Å². The van der Waals surface area contributed by atoms with Crippen LogP contribution in [0.4, 0.5) is 0 Å². The molecule has 0 unspecified atom stereocenters. The molecule has 0 spiro atoms. The van der Waals surface area contributed by atoms with Gasteiger partial charge in [0, 0.05) is 11.1 Å². The molecule has 0 atom stereocenters. The third-order valence-electron chi connectivity index (χ3n) is 2.88. The van der Waals surface area contributed by atoms with Crippen LogP contribution in [0.15, 0.2) is 24.3 Å². The molecular formula is C14H15NO2. The minimum Gasteiger partial charge on any atom is -0.478 e. The molecule has 0 amide bonds. The second kappa shape index (κ2) is 4.17. The summed E-state index contributed by atoms with van der Waals surface area (Å²) < 4.78 is 0. The molecule has 1 aromatic heterocycles. The van der Waals surface area contributed by atoms with Crippen LogP contribution in [0.25, 0.3) is 10.9 Å². The highest BCUT2D eigenvalue weighted by molar-refractivity contribution is 6.03. The molecule has 0 bridgehead atoms. The van der Waals surface area contributed by atoms with Crippen LogP contribution in [0.1, 0.15) is 41.4 Å². The van der Waals surface area contributed by atoms with Crippen molar-refractivity contribution in [3.05, 3.63) is 41.1 Å². The second-order valence-electron chi connectivity index (χ2n) is 4.53. The number of nitrogens with zero attached hydrogens (tertiary/aromatic N) is 1. The number of pyridine rings is 1. The van der Waals surface area contributed by atoms with Crippen LogP contribution in [-0.4, -0.2) is 16.1 Å². The highest BCUT2D eigenvalue weighted by Crippen LogP contribution is 2.24. The maximum Gasteiger partial charge on any atom is 0.336 e. The van der Waals surface area contributed by atoms with Crippen LogP contribution in [0.2, 0.25) is 0 Å². The smallest absolute Gasteiger partial charge is 0.336 e. The number of rotatable bonds is 2. The van der Waals surface area contributed by atoms with E-state index in [1.165, 1.54) is 0 Å². The Hall–Kier alpha value is -1.90. The van der Waals surface area contributed by atoms with Gasteiger partial charge in [-0.05, 0) is 24.5 Å². The van der Waals surface area contributed by atoms with Crippen LogP contribution >= 0.6 is 0 Å². The van der Waals surface area contributed by atoms with Gasteiger partial charge in [-0.1, -0.05) is 32.0 Å². The van der Waals surface area contributed by atoms with Gasteiger partial charge in [-0.25, -0.2) is 4.79 Å². The Balaban J connectivity index is 2.86. The van der Waals surface area contributed by atoms with Gasteiger partial charge in [0.15, 0.2) is 0 Å². The summed E-state index contributed by atoms with van der Waals surface area (Å²) in [7, 11) is 0. The molecule has 2 rings (SSSR count). The molecule has 1 heterocycles.